The fourth-order valence-corrected chi connectivity index (χ4v) is 1.31. The number of benzene rings is 1. The van der Waals surface area contributed by atoms with Crippen molar-refractivity contribution in [2.24, 2.45) is 0 Å². The number of amides is 1. The van der Waals surface area contributed by atoms with E-state index >= 15 is 0 Å². The van der Waals surface area contributed by atoms with Crippen LogP contribution in [-0.2, 0) is 0 Å². The Bertz CT molecular complexity index is 439. The van der Waals surface area contributed by atoms with E-state index in [0.717, 1.165) is 5.56 Å². The first kappa shape index (κ1) is 14.5. The van der Waals surface area contributed by atoms with Crippen LogP contribution < -0.4 is 5.32 Å². The van der Waals surface area contributed by atoms with Crippen LogP contribution in [0.2, 0.25) is 0 Å². The van der Waals surface area contributed by atoms with Gasteiger partial charge in [0.15, 0.2) is 0 Å². The van der Waals surface area contributed by atoms with Crippen LogP contribution in [0.5, 0.6) is 5.75 Å². The van der Waals surface area contributed by atoms with Crippen molar-refractivity contribution in [1.29, 1.82) is 0 Å². The number of hydrogen-bond acceptors (Lipinski definition) is 3. The van der Waals surface area contributed by atoms with Gasteiger partial charge in [-0.2, -0.15) is 0 Å². The highest BCUT2D eigenvalue weighted by molar-refractivity contribution is 5.94. The van der Waals surface area contributed by atoms with Gasteiger partial charge in [0, 0.05) is 17.6 Å². The van der Waals surface area contributed by atoms with Crippen LogP contribution in [0.3, 0.4) is 0 Å². The Morgan fingerprint density at radius 1 is 1.39 bits per heavy atom. The molecule has 2 N–H and O–H groups in total. The molecule has 1 amide bonds. The minimum absolute atomic E-state index is 0.109. The Kier molecular flexibility index (Phi) is 4.35. The fourth-order valence-electron chi connectivity index (χ4n) is 1.31. The van der Waals surface area contributed by atoms with E-state index in [9.17, 15) is 9.90 Å². The number of likely N-dealkylation sites (N-methyl/N-ethyl adjacent to an activating group) is 1. The van der Waals surface area contributed by atoms with Crippen LogP contribution in [0.15, 0.2) is 18.2 Å². The summed E-state index contributed by atoms with van der Waals surface area (Å²) in [4.78, 5) is 14.0. The molecule has 0 saturated carbocycles. The molecule has 1 aromatic rings. The molecule has 0 aromatic heterocycles. The van der Waals surface area contributed by atoms with Gasteiger partial charge in [-0.1, -0.05) is 6.07 Å². The molecule has 0 aliphatic carbocycles. The van der Waals surface area contributed by atoms with Gasteiger partial charge in [0.05, 0.1) is 0 Å². The predicted molar refractivity (Wildman–Crippen MR) is 72.9 cm³/mol. The molecular weight excluding hydrogens is 228 g/mol. The molecule has 18 heavy (non-hydrogen) atoms. The number of phenolic OH excluding ortho intramolecular Hbond substituents is 1. The topological polar surface area (TPSA) is 52.6 Å². The van der Waals surface area contributed by atoms with Crippen molar-refractivity contribution in [1.82, 2.24) is 10.2 Å². The second kappa shape index (κ2) is 5.40. The number of nitrogens with one attached hydrogen (secondary N) is 1. The quantitative estimate of drug-likeness (QED) is 0.856. The van der Waals surface area contributed by atoms with Crippen LogP contribution >= 0.6 is 0 Å². The van der Waals surface area contributed by atoms with Gasteiger partial charge in [-0.15, -0.1) is 0 Å². The van der Waals surface area contributed by atoms with Crippen LogP contribution in [0, 0.1) is 6.92 Å². The molecule has 1 rings (SSSR count). The molecule has 0 saturated heterocycles. The van der Waals surface area contributed by atoms with Gasteiger partial charge in [0.2, 0.25) is 0 Å². The van der Waals surface area contributed by atoms with Gasteiger partial charge in [-0.3, -0.25) is 4.79 Å². The summed E-state index contributed by atoms with van der Waals surface area (Å²) < 4.78 is 0. The third kappa shape index (κ3) is 3.47. The van der Waals surface area contributed by atoms with E-state index < -0.39 is 0 Å². The third-order valence-electron chi connectivity index (χ3n) is 3.36. The maximum atomic E-state index is 11.9. The number of aromatic hydroxyl groups is 1. The van der Waals surface area contributed by atoms with E-state index in [1.54, 1.807) is 19.1 Å². The van der Waals surface area contributed by atoms with E-state index in [4.69, 9.17) is 0 Å². The maximum Gasteiger partial charge on any atom is 0.251 e. The van der Waals surface area contributed by atoms with Crippen LogP contribution in [-0.4, -0.2) is 42.1 Å². The molecule has 1 aromatic carbocycles. The number of phenols is 1. The zero-order chi connectivity index (χ0) is 13.9. The van der Waals surface area contributed by atoms with E-state index in [0.29, 0.717) is 12.1 Å². The lowest BCUT2D eigenvalue weighted by molar-refractivity contribution is 0.0919. The summed E-state index contributed by atoms with van der Waals surface area (Å²) in [5, 5.41) is 12.5. The molecule has 0 bridgehead atoms. The lowest BCUT2D eigenvalue weighted by atomic mass is 10.0. The second-order valence-electron chi connectivity index (χ2n) is 5.39. The van der Waals surface area contributed by atoms with E-state index in [1.807, 2.05) is 14.1 Å². The normalized spacial score (nSPS) is 11.7. The summed E-state index contributed by atoms with van der Waals surface area (Å²) in [6.45, 7) is 6.46. The van der Waals surface area contributed by atoms with Crippen LogP contribution in [0.1, 0.15) is 29.8 Å². The first-order valence-electron chi connectivity index (χ1n) is 5.99. The van der Waals surface area contributed by atoms with Gasteiger partial charge in [0.25, 0.3) is 5.91 Å². The summed E-state index contributed by atoms with van der Waals surface area (Å²) in [7, 11) is 3.95. The lowest BCUT2D eigenvalue weighted by Crippen LogP contribution is -2.48. The Morgan fingerprint density at radius 2 is 2.00 bits per heavy atom. The number of carbonyl (C=O) groups is 1. The summed E-state index contributed by atoms with van der Waals surface area (Å²) >= 11 is 0. The largest absolute Gasteiger partial charge is 0.508 e. The van der Waals surface area contributed by atoms with Crippen molar-refractivity contribution < 1.29 is 9.90 Å². The summed E-state index contributed by atoms with van der Waals surface area (Å²) in [5.41, 5.74) is 1.13. The van der Waals surface area contributed by atoms with Gasteiger partial charge in [0.1, 0.15) is 5.75 Å². The minimum atomic E-state index is -0.166. The molecule has 100 valence electrons. The minimum Gasteiger partial charge on any atom is -0.508 e. The van der Waals surface area contributed by atoms with Crippen molar-refractivity contribution >= 4 is 5.91 Å². The molecule has 0 spiro atoms. The van der Waals surface area contributed by atoms with E-state index in [1.165, 1.54) is 6.07 Å². The first-order chi connectivity index (χ1) is 8.24. The average Bonchev–Trinajstić information content (AvgIpc) is 2.29. The van der Waals surface area contributed by atoms with Gasteiger partial charge < -0.3 is 15.3 Å². The molecule has 0 atom stereocenters. The molecule has 0 unspecified atom stereocenters. The zero-order valence-corrected chi connectivity index (χ0v) is 11.7. The fraction of sp³-hybridized carbons (Fsp3) is 0.500. The van der Waals surface area contributed by atoms with Gasteiger partial charge in [-0.25, -0.2) is 0 Å². The maximum absolute atomic E-state index is 11.9. The Hall–Kier alpha value is -1.55. The van der Waals surface area contributed by atoms with Gasteiger partial charge >= 0.3 is 0 Å². The number of rotatable bonds is 4. The van der Waals surface area contributed by atoms with Crippen LogP contribution in [0.25, 0.3) is 0 Å². The smallest absolute Gasteiger partial charge is 0.251 e. The highest BCUT2D eigenvalue weighted by Gasteiger charge is 2.21. The van der Waals surface area contributed by atoms with Crippen molar-refractivity contribution in [2.75, 3.05) is 20.6 Å². The summed E-state index contributed by atoms with van der Waals surface area (Å²) in [5.74, 6) is -0.0188. The summed E-state index contributed by atoms with van der Waals surface area (Å²) in [6.07, 6.45) is 0. The highest BCUT2D eigenvalue weighted by atomic mass is 16.3. The molecular formula is C14H22N2O2. The second-order valence-corrected chi connectivity index (χ2v) is 5.39. The molecule has 4 nitrogen and oxygen atoms in total. The lowest BCUT2D eigenvalue weighted by Gasteiger charge is -2.32. The monoisotopic (exact) mass is 250 g/mol. The van der Waals surface area contributed by atoms with E-state index in [-0.39, 0.29) is 17.2 Å². The Labute approximate surface area is 109 Å². The number of hydrogen-bond donors (Lipinski definition) is 2. The molecule has 0 fully saturated rings. The summed E-state index contributed by atoms with van der Waals surface area (Å²) in [6, 6.07) is 4.95. The van der Waals surface area contributed by atoms with Crippen LogP contribution in [0.4, 0.5) is 0 Å². The third-order valence-corrected chi connectivity index (χ3v) is 3.36. The molecule has 0 heterocycles. The SMILES string of the molecule is Cc1ccc(C(=O)NCC(C)(C)N(C)C)cc1O. The Morgan fingerprint density at radius 3 is 2.50 bits per heavy atom. The highest BCUT2D eigenvalue weighted by Crippen LogP contribution is 2.17. The van der Waals surface area contributed by atoms with Crippen molar-refractivity contribution in [2.45, 2.75) is 26.3 Å². The number of aryl methyl sites for hydroxylation is 1. The molecule has 4 heteroatoms. The van der Waals surface area contributed by atoms with Crippen molar-refractivity contribution in [3.8, 4) is 5.75 Å². The first-order valence-corrected chi connectivity index (χ1v) is 5.99. The molecule has 0 aliphatic heterocycles. The zero-order valence-electron chi connectivity index (χ0n) is 11.7. The standard InChI is InChI=1S/C14H22N2O2/c1-10-6-7-11(8-12(10)17)13(18)15-9-14(2,3)16(4)5/h6-8,17H,9H2,1-5H3,(H,15,18). The van der Waals surface area contributed by atoms with Crippen molar-refractivity contribution in [3.63, 3.8) is 0 Å². The molecule has 0 radical (unpaired) electrons. The van der Waals surface area contributed by atoms with Gasteiger partial charge in [-0.05, 0) is 52.6 Å². The predicted octanol–water partition coefficient (Wildman–Crippen LogP) is 1.77. The van der Waals surface area contributed by atoms with E-state index in [2.05, 4.69) is 24.1 Å². The molecule has 0 aliphatic rings. The van der Waals surface area contributed by atoms with Crippen molar-refractivity contribution in [3.05, 3.63) is 29.3 Å². The number of nitrogens with zero attached hydrogens (tertiary/aromatic N) is 1. The Balaban J connectivity index is 2.69. The number of carbonyl (C=O) groups excluding carboxylic acids is 1. The average molecular weight is 250 g/mol.